The Hall–Kier alpha value is -1.77. The second-order valence-electron chi connectivity index (χ2n) is 5.47. The van der Waals surface area contributed by atoms with Crippen molar-refractivity contribution in [1.29, 1.82) is 0 Å². The summed E-state index contributed by atoms with van der Waals surface area (Å²) in [5.74, 6) is -0.139. The van der Waals surface area contributed by atoms with E-state index >= 15 is 0 Å². The first-order valence-corrected chi connectivity index (χ1v) is 7.97. The molecule has 1 aromatic carbocycles. The predicted octanol–water partition coefficient (Wildman–Crippen LogP) is 4.52. The number of likely N-dealkylation sites (N-methyl/N-ethyl adjacent to an activating group) is 1. The van der Waals surface area contributed by atoms with Gasteiger partial charge in [0.2, 0.25) is 5.95 Å². The first kappa shape index (κ1) is 19.6. The van der Waals surface area contributed by atoms with Crippen LogP contribution in [0.25, 0.3) is 0 Å². The maximum absolute atomic E-state index is 13.1. The van der Waals surface area contributed by atoms with E-state index in [2.05, 4.69) is 20.6 Å². The quantitative estimate of drug-likeness (QED) is 0.755. The molecule has 0 saturated carbocycles. The second kappa shape index (κ2) is 8.07. The van der Waals surface area contributed by atoms with Gasteiger partial charge >= 0.3 is 6.18 Å². The van der Waals surface area contributed by atoms with Crippen molar-refractivity contribution in [3.05, 3.63) is 40.0 Å². The fourth-order valence-corrected chi connectivity index (χ4v) is 2.43. The van der Waals surface area contributed by atoms with Gasteiger partial charge in [-0.15, -0.1) is 0 Å². The van der Waals surface area contributed by atoms with E-state index < -0.39 is 11.9 Å². The van der Waals surface area contributed by atoms with E-state index in [9.17, 15) is 13.2 Å². The van der Waals surface area contributed by atoms with Crippen LogP contribution in [0.4, 0.5) is 30.6 Å². The van der Waals surface area contributed by atoms with Crippen molar-refractivity contribution in [1.82, 2.24) is 14.9 Å². The number of aromatic nitrogens is 2. The summed E-state index contributed by atoms with van der Waals surface area (Å²) >= 11 is 11.8. The topological polar surface area (TPSA) is 53.1 Å². The number of hydrogen-bond donors (Lipinski definition) is 2. The average molecular weight is 394 g/mol. The Kier molecular flexibility index (Phi) is 6.31. The first-order chi connectivity index (χ1) is 11.6. The van der Waals surface area contributed by atoms with Crippen LogP contribution in [0.3, 0.4) is 0 Å². The molecule has 5 nitrogen and oxygen atoms in total. The summed E-state index contributed by atoms with van der Waals surface area (Å²) in [7, 11) is 3.70. The smallest absolute Gasteiger partial charge is 0.353 e. The van der Waals surface area contributed by atoms with Gasteiger partial charge in [-0.3, -0.25) is 0 Å². The minimum atomic E-state index is -4.59. The summed E-state index contributed by atoms with van der Waals surface area (Å²) < 4.78 is 39.2. The van der Waals surface area contributed by atoms with E-state index in [0.717, 1.165) is 6.07 Å². The monoisotopic (exact) mass is 393 g/mol. The summed E-state index contributed by atoms with van der Waals surface area (Å²) in [5.41, 5.74) is -0.631. The standard InChI is InChI=1S/C15H16Cl2F3N5/c1-25(2)4-3-21-14-23-12(15(18,19)20)8-13(24-14)22-11-6-9(16)5-10(17)7-11/h5-8H,3-4H2,1-2H3,(H2,21,22,23,24). The minimum absolute atomic E-state index is 0.0204. The second-order valence-corrected chi connectivity index (χ2v) is 6.35. The highest BCUT2D eigenvalue weighted by molar-refractivity contribution is 6.35. The molecule has 0 saturated heterocycles. The van der Waals surface area contributed by atoms with Gasteiger partial charge in [-0.1, -0.05) is 23.2 Å². The number of anilines is 3. The molecular weight excluding hydrogens is 378 g/mol. The molecule has 10 heteroatoms. The number of nitrogens with zero attached hydrogens (tertiary/aromatic N) is 3. The molecule has 2 aromatic rings. The molecule has 0 bridgehead atoms. The highest BCUT2D eigenvalue weighted by Gasteiger charge is 2.33. The predicted molar refractivity (Wildman–Crippen MR) is 93.8 cm³/mol. The fourth-order valence-electron chi connectivity index (χ4n) is 1.90. The molecule has 0 aliphatic heterocycles. The summed E-state index contributed by atoms with van der Waals surface area (Å²) in [4.78, 5) is 9.46. The third kappa shape index (κ3) is 6.22. The van der Waals surface area contributed by atoms with Crippen molar-refractivity contribution in [2.24, 2.45) is 0 Å². The fraction of sp³-hybridized carbons (Fsp3) is 0.333. The van der Waals surface area contributed by atoms with E-state index in [-0.39, 0.29) is 11.8 Å². The zero-order chi connectivity index (χ0) is 18.6. The van der Waals surface area contributed by atoms with Crippen LogP contribution in [0, 0.1) is 0 Å². The maximum atomic E-state index is 13.1. The van der Waals surface area contributed by atoms with Gasteiger partial charge in [0.25, 0.3) is 0 Å². The molecule has 0 amide bonds. The van der Waals surface area contributed by atoms with Crippen LogP contribution in [0.15, 0.2) is 24.3 Å². The number of hydrogen-bond acceptors (Lipinski definition) is 5. The number of alkyl halides is 3. The van der Waals surface area contributed by atoms with Gasteiger partial charge in [-0.2, -0.15) is 18.2 Å². The Balaban J connectivity index is 2.28. The summed E-state index contributed by atoms with van der Waals surface area (Å²) in [5, 5.41) is 6.25. The third-order valence-electron chi connectivity index (χ3n) is 2.99. The Bertz CT molecular complexity index is 717. The lowest BCUT2D eigenvalue weighted by Crippen LogP contribution is -2.22. The summed E-state index contributed by atoms with van der Waals surface area (Å²) in [6.45, 7) is 1.02. The van der Waals surface area contributed by atoms with Crippen LogP contribution in [-0.4, -0.2) is 42.1 Å². The molecule has 1 heterocycles. The maximum Gasteiger partial charge on any atom is 0.433 e. The van der Waals surface area contributed by atoms with Crippen molar-refractivity contribution >= 4 is 40.7 Å². The van der Waals surface area contributed by atoms with E-state index in [1.54, 1.807) is 0 Å². The molecule has 2 rings (SSSR count). The Morgan fingerprint density at radius 2 is 1.68 bits per heavy atom. The van der Waals surface area contributed by atoms with Gasteiger partial charge in [0, 0.05) is 34.9 Å². The van der Waals surface area contributed by atoms with E-state index in [4.69, 9.17) is 23.2 Å². The van der Waals surface area contributed by atoms with Gasteiger partial charge in [0.15, 0.2) is 5.69 Å². The largest absolute Gasteiger partial charge is 0.433 e. The third-order valence-corrected chi connectivity index (χ3v) is 3.43. The van der Waals surface area contributed by atoms with Crippen LogP contribution in [0.2, 0.25) is 10.0 Å². The van der Waals surface area contributed by atoms with Gasteiger partial charge in [-0.25, -0.2) is 4.98 Å². The summed E-state index contributed by atoms with van der Waals surface area (Å²) in [6, 6.07) is 5.40. The molecule has 0 unspecified atom stereocenters. The number of nitrogens with one attached hydrogen (secondary N) is 2. The van der Waals surface area contributed by atoms with Crippen molar-refractivity contribution in [3.63, 3.8) is 0 Å². The molecule has 136 valence electrons. The van der Waals surface area contributed by atoms with Crippen molar-refractivity contribution in [3.8, 4) is 0 Å². The van der Waals surface area contributed by atoms with Gasteiger partial charge in [0.05, 0.1) is 0 Å². The van der Waals surface area contributed by atoms with Crippen molar-refractivity contribution in [2.45, 2.75) is 6.18 Å². The van der Waals surface area contributed by atoms with Gasteiger partial charge < -0.3 is 15.5 Å². The SMILES string of the molecule is CN(C)CCNc1nc(Nc2cc(Cl)cc(Cl)c2)cc(C(F)(F)F)n1. The van der Waals surface area contributed by atoms with E-state index in [1.165, 1.54) is 18.2 Å². The van der Waals surface area contributed by atoms with Crippen LogP contribution >= 0.6 is 23.2 Å². The first-order valence-electron chi connectivity index (χ1n) is 7.21. The molecule has 0 fully saturated rings. The zero-order valence-corrected chi connectivity index (χ0v) is 15.0. The minimum Gasteiger partial charge on any atom is -0.353 e. The zero-order valence-electron chi connectivity index (χ0n) is 13.5. The molecule has 0 aliphatic carbocycles. The lowest BCUT2D eigenvalue weighted by molar-refractivity contribution is -0.141. The molecule has 0 atom stereocenters. The molecule has 0 radical (unpaired) electrons. The lowest BCUT2D eigenvalue weighted by atomic mass is 10.3. The molecular formula is C15H16Cl2F3N5. The Morgan fingerprint density at radius 1 is 1.04 bits per heavy atom. The van der Waals surface area contributed by atoms with E-state index in [1.807, 2.05) is 19.0 Å². The normalized spacial score (nSPS) is 11.7. The number of benzene rings is 1. The van der Waals surface area contributed by atoms with Crippen LogP contribution in [-0.2, 0) is 6.18 Å². The van der Waals surface area contributed by atoms with Crippen LogP contribution in [0.5, 0.6) is 0 Å². The van der Waals surface area contributed by atoms with Gasteiger partial charge in [0.1, 0.15) is 5.82 Å². The lowest BCUT2D eigenvalue weighted by Gasteiger charge is -2.14. The molecule has 0 spiro atoms. The Morgan fingerprint density at radius 3 is 2.24 bits per heavy atom. The molecule has 0 aliphatic rings. The highest BCUT2D eigenvalue weighted by atomic mass is 35.5. The highest BCUT2D eigenvalue weighted by Crippen LogP contribution is 2.31. The van der Waals surface area contributed by atoms with Crippen molar-refractivity contribution < 1.29 is 13.2 Å². The summed E-state index contributed by atoms with van der Waals surface area (Å²) in [6.07, 6.45) is -4.59. The molecule has 2 N–H and O–H groups in total. The number of rotatable bonds is 6. The van der Waals surface area contributed by atoms with Crippen LogP contribution in [0.1, 0.15) is 5.69 Å². The number of halogens is 5. The molecule has 25 heavy (non-hydrogen) atoms. The average Bonchev–Trinajstić information content (AvgIpc) is 2.44. The van der Waals surface area contributed by atoms with Crippen molar-refractivity contribution in [2.75, 3.05) is 37.8 Å². The van der Waals surface area contributed by atoms with E-state index in [0.29, 0.717) is 28.8 Å². The van der Waals surface area contributed by atoms with Gasteiger partial charge in [-0.05, 0) is 32.3 Å². The Labute approximate surface area is 153 Å². The molecule has 1 aromatic heterocycles. The van der Waals surface area contributed by atoms with Crippen LogP contribution < -0.4 is 10.6 Å².